The minimum Gasteiger partial charge on any atom is -0.382 e. The van der Waals surface area contributed by atoms with Gasteiger partial charge in [0.2, 0.25) is 0 Å². The highest BCUT2D eigenvalue weighted by atomic mass is 35.5. The van der Waals surface area contributed by atoms with E-state index < -0.39 is 15.7 Å². The van der Waals surface area contributed by atoms with Crippen molar-refractivity contribution in [2.75, 3.05) is 24.4 Å². The highest BCUT2D eigenvalue weighted by molar-refractivity contribution is 7.91. The van der Waals surface area contributed by atoms with Crippen molar-refractivity contribution in [3.63, 3.8) is 0 Å². The van der Waals surface area contributed by atoms with E-state index in [0.717, 1.165) is 17.0 Å². The zero-order chi connectivity index (χ0) is 15.1. The molecule has 6 nitrogen and oxygen atoms in total. The van der Waals surface area contributed by atoms with Gasteiger partial charge in [-0.3, -0.25) is 0 Å². The van der Waals surface area contributed by atoms with Crippen molar-refractivity contribution < 1.29 is 12.8 Å². The summed E-state index contributed by atoms with van der Waals surface area (Å²) in [5, 5.41) is 6.63. The average Bonchev–Trinajstić information content (AvgIpc) is 2.69. The SMILES string of the molecule is CNc1nn(-c2ccc(Cl)c(F)c2)c(N)c1S(C)(=O)=O. The lowest BCUT2D eigenvalue weighted by Crippen LogP contribution is -2.06. The Kier molecular flexibility index (Phi) is 3.61. The maximum Gasteiger partial charge on any atom is 0.182 e. The van der Waals surface area contributed by atoms with Crippen LogP contribution in [0, 0.1) is 5.82 Å². The summed E-state index contributed by atoms with van der Waals surface area (Å²) in [5.41, 5.74) is 6.09. The molecule has 0 aliphatic carbocycles. The first-order chi connectivity index (χ1) is 9.25. The Balaban J connectivity index is 2.70. The second-order valence-corrected chi connectivity index (χ2v) is 6.46. The molecule has 9 heteroatoms. The fraction of sp³-hybridized carbons (Fsp3) is 0.182. The van der Waals surface area contributed by atoms with Crippen LogP contribution in [0.5, 0.6) is 0 Å². The molecule has 0 aliphatic rings. The van der Waals surface area contributed by atoms with Crippen molar-refractivity contribution in [1.82, 2.24) is 9.78 Å². The molecule has 0 atom stereocenters. The first-order valence-corrected chi connectivity index (χ1v) is 7.74. The fourth-order valence-corrected chi connectivity index (χ4v) is 2.84. The number of nitrogens with one attached hydrogen (secondary N) is 1. The van der Waals surface area contributed by atoms with Gasteiger partial charge in [0.15, 0.2) is 20.6 Å². The van der Waals surface area contributed by atoms with E-state index in [0.29, 0.717) is 0 Å². The Morgan fingerprint density at radius 1 is 1.45 bits per heavy atom. The van der Waals surface area contributed by atoms with Gasteiger partial charge in [-0.1, -0.05) is 11.6 Å². The van der Waals surface area contributed by atoms with Crippen molar-refractivity contribution in [3.05, 3.63) is 29.0 Å². The van der Waals surface area contributed by atoms with Gasteiger partial charge in [0.05, 0.1) is 10.7 Å². The summed E-state index contributed by atoms with van der Waals surface area (Å²) in [5.74, 6) is -0.648. The minimum atomic E-state index is -3.57. The molecule has 0 saturated carbocycles. The van der Waals surface area contributed by atoms with E-state index in [9.17, 15) is 12.8 Å². The normalized spacial score (nSPS) is 11.6. The van der Waals surface area contributed by atoms with E-state index in [2.05, 4.69) is 10.4 Å². The van der Waals surface area contributed by atoms with Crippen molar-refractivity contribution in [2.24, 2.45) is 0 Å². The number of benzene rings is 1. The Bertz CT molecular complexity index is 773. The van der Waals surface area contributed by atoms with Gasteiger partial charge in [0, 0.05) is 19.4 Å². The smallest absolute Gasteiger partial charge is 0.182 e. The Labute approximate surface area is 120 Å². The van der Waals surface area contributed by atoms with Gasteiger partial charge < -0.3 is 11.1 Å². The van der Waals surface area contributed by atoms with Gasteiger partial charge in [-0.25, -0.2) is 17.5 Å². The Hall–Kier alpha value is -1.80. The number of nitrogens with two attached hydrogens (primary N) is 1. The molecule has 0 amide bonds. The summed E-state index contributed by atoms with van der Waals surface area (Å²) in [4.78, 5) is -0.129. The van der Waals surface area contributed by atoms with Crippen LogP contribution in [0.3, 0.4) is 0 Å². The monoisotopic (exact) mass is 318 g/mol. The van der Waals surface area contributed by atoms with E-state index >= 15 is 0 Å². The van der Waals surface area contributed by atoms with Crippen molar-refractivity contribution >= 4 is 33.1 Å². The number of hydrogen-bond donors (Lipinski definition) is 2. The first-order valence-electron chi connectivity index (χ1n) is 5.47. The van der Waals surface area contributed by atoms with Crippen LogP contribution in [-0.2, 0) is 9.84 Å². The molecule has 2 aromatic rings. The Morgan fingerprint density at radius 3 is 2.55 bits per heavy atom. The Morgan fingerprint density at radius 2 is 2.10 bits per heavy atom. The minimum absolute atomic E-state index is 0.0448. The zero-order valence-electron chi connectivity index (χ0n) is 10.7. The van der Waals surface area contributed by atoms with Crippen LogP contribution < -0.4 is 11.1 Å². The van der Waals surface area contributed by atoms with Crippen LogP contribution in [0.1, 0.15) is 0 Å². The summed E-state index contributed by atoms with van der Waals surface area (Å²) < 4.78 is 38.1. The largest absolute Gasteiger partial charge is 0.382 e. The van der Waals surface area contributed by atoms with E-state index in [1.165, 1.54) is 19.2 Å². The summed E-state index contributed by atoms with van der Waals surface area (Å²) in [6.07, 6.45) is 1.02. The third-order valence-corrected chi connectivity index (χ3v) is 4.08. The van der Waals surface area contributed by atoms with Gasteiger partial charge in [-0.05, 0) is 12.1 Å². The molecule has 1 aromatic carbocycles. The average molecular weight is 319 g/mol. The number of aromatic nitrogens is 2. The molecule has 0 fully saturated rings. The molecule has 0 radical (unpaired) electrons. The van der Waals surface area contributed by atoms with Gasteiger partial charge in [-0.15, -0.1) is 5.10 Å². The maximum absolute atomic E-state index is 13.5. The fourth-order valence-electron chi connectivity index (χ4n) is 1.76. The number of nitrogen functional groups attached to an aromatic ring is 1. The molecule has 0 aliphatic heterocycles. The van der Waals surface area contributed by atoms with Gasteiger partial charge >= 0.3 is 0 Å². The number of rotatable bonds is 3. The third kappa shape index (κ3) is 2.44. The molecule has 20 heavy (non-hydrogen) atoms. The molecule has 3 N–H and O–H groups in total. The second-order valence-electron chi connectivity index (χ2n) is 4.10. The molecular weight excluding hydrogens is 307 g/mol. The summed E-state index contributed by atoms with van der Waals surface area (Å²) in [7, 11) is -2.06. The number of hydrogen-bond acceptors (Lipinski definition) is 5. The maximum atomic E-state index is 13.5. The van der Waals surface area contributed by atoms with Crippen molar-refractivity contribution in [3.8, 4) is 5.69 Å². The molecule has 1 aromatic heterocycles. The number of nitrogens with zero attached hydrogens (tertiary/aromatic N) is 2. The van der Waals surface area contributed by atoms with E-state index in [1.54, 1.807) is 0 Å². The number of sulfone groups is 1. The molecule has 0 saturated heterocycles. The van der Waals surface area contributed by atoms with Crippen molar-refractivity contribution in [1.29, 1.82) is 0 Å². The zero-order valence-corrected chi connectivity index (χ0v) is 12.3. The predicted molar refractivity (Wildman–Crippen MR) is 75.6 cm³/mol. The van der Waals surface area contributed by atoms with Gasteiger partial charge in [0.25, 0.3) is 0 Å². The van der Waals surface area contributed by atoms with Crippen molar-refractivity contribution in [2.45, 2.75) is 4.90 Å². The lowest BCUT2D eigenvalue weighted by Gasteiger charge is -2.05. The summed E-state index contributed by atoms with van der Waals surface area (Å²) in [6.45, 7) is 0. The molecule has 0 unspecified atom stereocenters. The van der Waals surface area contributed by atoms with Crippen LogP contribution in [0.4, 0.5) is 16.0 Å². The topological polar surface area (TPSA) is 90.0 Å². The number of halogens is 2. The first kappa shape index (κ1) is 14.6. The lowest BCUT2D eigenvalue weighted by molar-refractivity contribution is 0.602. The summed E-state index contributed by atoms with van der Waals surface area (Å²) >= 11 is 5.60. The molecule has 2 rings (SSSR count). The third-order valence-electron chi connectivity index (χ3n) is 2.63. The second kappa shape index (κ2) is 4.95. The van der Waals surface area contributed by atoms with Crippen LogP contribution in [0.2, 0.25) is 5.02 Å². The van der Waals surface area contributed by atoms with Crippen LogP contribution in [0.25, 0.3) is 5.69 Å². The highest BCUT2D eigenvalue weighted by Gasteiger charge is 2.24. The van der Waals surface area contributed by atoms with Gasteiger partial charge in [-0.2, -0.15) is 0 Å². The van der Waals surface area contributed by atoms with Crippen LogP contribution in [-0.4, -0.2) is 31.5 Å². The molecular formula is C11H12ClFN4O2S. The predicted octanol–water partition coefficient (Wildman–Crippen LogP) is 1.69. The molecule has 108 valence electrons. The lowest BCUT2D eigenvalue weighted by atomic mass is 10.3. The number of anilines is 2. The highest BCUT2D eigenvalue weighted by Crippen LogP contribution is 2.30. The summed E-state index contributed by atoms with van der Waals surface area (Å²) in [6, 6.07) is 3.95. The van der Waals surface area contributed by atoms with E-state index in [-0.39, 0.29) is 27.2 Å². The molecule has 0 spiro atoms. The van der Waals surface area contributed by atoms with E-state index in [4.69, 9.17) is 17.3 Å². The molecule has 1 heterocycles. The van der Waals surface area contributed by atoms with Crippen LogP contribution >= 0.6 is 11.6 Å². The molecule has 0 bridgehead atoms. The standard InChI is InChI=1S/C11H12ClFN4O2S/c1-15-11-9(20(2,18)19)10(14)17(16-11)6-3-4-7(12)8(13)5-6/h3-5H,14H2,1-2H3,(H,15,16). The van der Waals surface area contributed by atoms with Gasteiger partial charge in [0.1, 0.15) is 11.6 Å². The van der Waals surface area contributed by atoms with Crippen LogP contribution in [0.15, 0.2) is 23.1 Å². The quantitative estimate of drug-likeness (QED) is 0.899. The van der Waals surface area contributed by atoms with E-state index in [1.807, 2.05) is 0 Å².